The third-order valence-electron chi connectivity index (χ3n) is 6.45. The van der Waals surface area contributed by atoms with E-state index in [0.29, 0.717) is 22.9 Å². The molecule has 8 nitrogen and oxygen atoms in total. The lowest BCUT2D eigenvalue weighted by Gasteiger charge is -2.33. The van der Waals surface area contributed by atoms with Gasteiger partial charge in [0.15, 0.2) is 0 Å². The Labute approximate surface area is 209 Å². The molecular formula is C28H29N5O3. The van der Waals surface area contributed by atoms with Gasteiger partial charge in [-0.15, -0.1) is 0 Å². The monoisotopic (exact) mass is 483 g/mol. The summed E-state index contributed by atoms with van der Waals surface area (Å²) < 4.78 is 4.76. The first-order valence-corrected chi connectivity index (χ1v) is 12.1. The molecule has 2 heterocycles. The number of nitrogens with zero attached hydrogens (tertiary/aromatic N) is 2. The number of anilines is 2. The number of piperidine rings is 1. The predicted molar refractivity (Wildman–Crippen MR) is 140 cm³/mol. The standard InChI is InChI=1S/C28H29N5O3/c1-36-28(35)21-7-3-8-23(14-21)31-27(34)20-6-2-5-19(13-20)17-33-12-4-9-25(18-33)30-24-10-11-26-22(15-24)16-29-32-26/h2-3,5-8,10-11,13-16,25,30H,4,9,12,17-18H2,1H3,(H,29,32)(H,31,34). The van der Waals surface area contributed by atoms with Gasteiger partial charge < -0.3 is 15.4 Å². The lowest BCUT2D eigenvalue weighted by molar-refractivity contribution is 0.0600. The number of benzene rings is 3. The molecule has 3 aromatic carbocycles. The Morgan fingerprint density at radius 3 is 2.81 bits per heavy atom. The number of aromatic nitrogens is 2. The zero-order chi connectivity index (χ0) is 24.9. The van der Waals surface area contributed by atoms with Crippen molar-refractivity contribution in [3.05, 3.63) is 89.6 Å². The van der Waals surface area contributed by atoms with E-state index in [0.717, 1.165) is 54.6 Å². The summed E-state index contributed by atoms with van der Waals surface area (Å²) in [5, 5.41) is 14.7. The molecule has 0 aliphatic carbocycles. The molecule has 0 spiro atoms. The van der Waals surface area contributed by atoms with E-state index < -0.39 is 5.97 Å². The molecule has 184 valence electrons. The van der Waals surface area contributed by atoms with Gasteiger partial charge >= 0.3 is 5.97 Å². The number of hydrogen-bond acceptors (Lipinski definition) is 6. The number of methoxy groups -OCH3 is 1. The Hall–Kier alpha value is -4.17. The fourth-order valence-corrected chi connectivity index (χ4v) is 4.70. The highest BCUT2D eigenvalue weighted by molar-refractivity contribution is 6.05. The predicted octanol–water partition coefficient (Wildman–Crippen LogP) is 4.68. The van der Waals surface area contributed by atoms with E-state index in [2.05, 4.69) is 43.9 Å². The van der Waals surface area contributed by atoms with Gasteiger partial charge in [0.2, 0.25) is 0 Å². The quantitative estimate of drug-likeness (QED) is 0.330. The van der Waals surface area contributed by atoms with E-state index in [1.165, 1.54) is 7.11 Å². The van der Waals surface area contributed by atoms with E-state index in [1.54, 1.807) is 30.3 Å². The minimum atomic E-state index is -0.440. The van der Waals surface area contributed by atoms with E-state index in [4.69, 9.17) is 4.74 Å². The topological polar surface area (TPSA) is 99.4 Å². The lowest BCUT2D eigenvalue weighted by atomic mass is 10.0. The van der Waals surface area contributed by atoms with Crippen molar-refractivity contribution in [3.8, 4) is 0 Å². The molecule has 4 aromatic rings. The normalized spacial score (nSPS) is 16.0. The van der Waals surface area contributed by atoms with Gasteiger partial charge in [-0.2, -0.15) is 5.10 Å². The number of likely N-dealkylation sites (tertiary alicyclic amines) is 1. The summed E-state index contributed by atoms with van der Waals surface area (Å²) in [6.45, 7) is 2.73. The molecular weight excluding hydrogens is 454 g/mol. The number of ether oxygens (including phenoxy) is 1. The van der Waals surface area contributed by atoms with Gasteiger partial charge in [-0.05, 0) is 73.5 Å². The molecule has 1 atom stereocenters. The first kappa shape index (κ1) is 23.6. The number of esters is 1. The Kier molecular flexibility index (Phi) is 6.95. The molecule has 1 saturated heterocycles. The summed E-state index contributed by atoms with van der Waals surface area (Å²) >= 11 is 0. The highest BCUT2D eigenvalue weighted by Gasteiger charge is 2.20. The van der Waals surface area contributed by atoms with Crippen LogP contribution in [0.5, 0.6) is 0 Å². The van der Waals surface area contributed by atoms with Gasteiger partial charge in [-0.25, -0.2) is 4.79 Å². The lowest BCUT2D eigenvalue weighted by Crippen LogP contribution is -2.41. The summed E-state index contributed by atoms with van der Waals surface area (Å²) in [5.41, 5.74) is 4.74. The number of carbonyl (C=O) groups is 2. The van der Waals surface area contributed by atoms with Crippen LogP contribution in [0, 0.1) is 0 Å². The Bertz CT molecular complexity index is 1380. The van der Waals surface area contributed by atoms with Gasteiger partial charge in [0.1, 0.15) is 0 Å². The second-order valence-corrected chi connectivity index (χ2v) is 9.12. The summed E-state index contributed by atoms with van der Waals surface area (Å²) in [6.07, 6.45) is 4.07. The molecule has 0 radical (unpaired) electrons. The number of H-pyrrole nitrogens is 1. The molecule has 1 amide bonds. The number of rotatable bonds is 7. The van der Waals surface area contributed by atoms with Crippen molar-refractivity contribution in [2.75, 3.05) is 30.8 Å². The molecule has 36 heavy (non-hydrogen) atoms. The molecule has 5 rings (SSSR count). The number of hydrogen-bond donors (Lipinski definition) is 3. The summed E-state index contributed by atoms with van der Waals surface area (Å²) in [6, 6.07) is 21.0. The van der Waals surface area contributed by atoms with Crippen molar-refractivity contribution in [2.24, 2.45) is 0 Å². The van der Waals surface area contributed by atoms with Gasteiger partial charge in [0.05, 0.1) is 24.4 Å². The molecule has 1 unspecified atom stereocenters. The maximum absolute atomic E-state index is 12.9. The smallest absolute Gasteiger partial charge is 0.337 e. The van der Waals surface area contributed by atoms with Crippen molar-refractivity contribution in [1.82, 2.24) is 15.1 Å². The Balaban J connectivity index is 1.20. The Morgan fingerprint density at radius 2 is 1.92 bits per heavy atom. The first-order chi connectivity index (χ1) is 17.6. The van der Waals surface area contributed by atoms with Gasteiger partial charge in [-0.1, -0.05) is 18.2 Å². The SMILES string of the molecule is COC(=O)c1cccc(NC(=O)c2cccc(CN3CCCC(Nc4ccc5[nH]ncc5c4)C3)c2)c1. The molecule has 1 aliphatic heterocycles. The average Bonchev–Trinajstić information content (AvgIpc) is 3.37. The van der Waals surface area contributed by atoms with E-state index in [-0.39, 0.29) is 5.91 Å². The third kappa shape index (κ3) is 5.55. The largest absolute Gasteiger partial charge is 0.465 e. The highest BCUT2D eigenvalue weighted by atomic mass is 16.5. The second-order valence-electron chi connectivity index (χ2n) is 9.12. The van der Waals surface area contributed by atoms with E-state index in [1.807, 2.05) is 24.4 Å². The van der Waals surface area contributed by atoms with E-state index in [9.17, 15) is 9.59 Å². The minimum absolute atomic E-state index is 0.216. The maximum Gasteiger partial charge on any atom is 0.337 e. The maximum atomic E-state index is 12.9. The van der Waals surface area contributed by atoms with E-state index >= 15 is 0 Å². The third-order valence-corrected chi connectivity index (χ3v) is 6.45. The number of amides is 1. The molecule has 8 heteroatoms. The van der Waals surface area contributed by atoms with Crippen LogP contribution in [0.1, 0.15) is 39.1 Å². The minimum Gasteiger partial charge on any atom is -0.465 e. The number of fused-ring (bicyclic) bond motifs is 1. The fourth-order valence-electron chi connectivity index (χ4n) is 4.70. The van der Waals surface area contributed by atoms with Crippen molar-refractivity contribution in [2.45, 2.75) is 25.4 Å². The van der Waals surface area contributed by atoms with Crippen LogP contribution in [-0.2, 0) is 11.3 Å². The zero-order valence-corrected chi connectivity index (χ0v) is 20.2. The van der Waals surface area contributed by atoms with Crippen LogP contribution in [0.2, 0.25) is 0 Å². The van der Waals surface area contributed by atoms with Crippen LogP contribution in [0.15, 0.2) is 72.9 Å². The molecule has 1 fully saturated rings. The fraction of sp³-hybridized carbons (Fsp3) is 0.250. The first-order valence-electron chi connectivity index (χ1n) is 12.1. The molecule has 1 aromatic heterocycles. The van der Waals surface area contributed by atoms with Gasteiger partial charge in [-0.3, -0.25) is 14.8 Å². The highest BCUT2D eigenvalue weighted by Crippen LogP contribution is 2.22. The van der Waals surface area contributed by atoms with Crippen molar-refractivity contribution in [1.29, 1.82) is 0 Å². The zero-order valence-electron chi connectivity index (χ0n) is 20.2. The number of nitrogens with one attached hydrogen (secondary N) is 3. The van der Waals surface area contributed by atoms with Gasteiger partial charge in [0.25, 0.3) is 5.91 Å². The van der Waals surface area contributed by atoms with Crippen molar-refractivity contribution < 1.29 is 14.3 Å². The summed E-state index contributed by atoms with van der Waals surface area (Å²) in [7, 11) is 1.33. The van der Waals surface area contributed by atoms with Crippen molar-refractivity contribution in [3.63, 3.8) is 0 Å². The van der Waals surface area contributed by atoms with Crippen molar-refractivity contribution >= 4 is 34.2 Å². The molecule has 0 saturated carbocycles. The van der Waals surface area contributed by atoms with Crippen LogP contribution in [0.3, 0.4) is 0 Å². The number of aromatic amines is 1. The van der Waals surface area contributed by atoms with Gasteiger partial charge in [0, 0.05) is 41.5 Å². The Morgan fingerprint density at radius 1 is 1.06 bits per heavy atom. The van der Waals surface area contributed by atoms with Crippen LogP contribution < -0.4 is 10.6 Å². The molecule has 3 N–H and O–H groups in total. The molecule has 0 bridgehead atoms. The van der Waals surface area contributed by atoms with Crippen LogP contribution >= 0.6 is 0 Å². The summed E-state index contributed by atoms with van der Waals surface area (Å²) in [5.74, 6) is -0.656. The molecule has 1 aliphatic rings. The summed E-state index contributed by atoms with van der Waals surface area (Å²) in [4.78, 5) is 27.1. The second kappa shape index (κ2) is 10.6. The van der Waals surface area contributed by atoms with Crippen LogP contribution in [-0.4, -0.2) is 53.2 Å². The van der Waals surface area contributed by atoms with Crippen LogP contribution in [0.4, 0.5) is 11.4 Å². The average molecular weight is 484 g/mol. The van der Waals surface area contributed by atoms with Crippen LogP contribution in [0.25, 0.3) is 10.9 Å². The number of carbonyl (C=O) groups excluding carboxylic acids is 2.